The smallest absolute Gasteiger partial charge is 0.264 e. The van der Waals surface area contributed by atoms with Crippen LogP contribution in [0.15, 0.2) is 77.7 Å². The molecule has 3 rings (SSSR count). The van der Waals surface area contributed by atoms with Gasteiger partial charge in [-0.3, -0.25) is 13.9 Å². The monoisotopic (exact) mass is 595 g/mol. The maximum Gasteiger partial charge on any atom is 0.264 e. The first-order valence-electron chi connectivity index (χ1n) is 14.0. The van der Waals surface area contributed by atoms with Crippen molar-refractivity contribution in [1.29, 1.82) is 0 Å². The van der Waals surface area contributed by atoms with E-state index in [2.05, 4.69) is 5.32 Å². The van der Waals surface area contributed by atoms with Crippen LogP contribution in [0.25, 0.3) is 0 Å². The standard InChI is InChI=1S/C32H41N3O6S/c1-7-30(32(37)33-23(3)4)34(21-25-10-9-11-28(20-25)40-6)31(36)22-35(26-14-12-24(5)13-15-26)42(38,39)29-18-16-27(17-19-29)41-8-2/h9-20,23,30H,7-8,21-22H2,1-6H3,(H,33,37). The van der Waals surface area contributed by atoms with Crippen LogP contribution in [0.5, 0.6) is 11.5 Å². The molecule has 3 aromatic rings. The molecule has 0 heterocycles. The van der Waals surface area contributed by atoms with Crippen molar-refractivity contribution in [3.8, 4) is 11.5 Å². The average Bonchev–Trinajstić information content (AvgIpc) is 2.96. The number of methoxy groups -OCH3 is 1. The topological polar surface area (TPSA) is 105 Å². The van der Waals surface area contributed by atoms with E-state index >= 15 is 0 Å². The summed E-state index contributed by atoms with van der Waals surface area (Å²) in [7, 11) is -2.62. The number of hydrogen-bond acceptors (Lipinski definition) is 6. The molecular weight excluding hydrogens is 554 g/mol. The summed E-state index contributed by atoms with van der Waals surface area (Å²) in [4.78, 5) is 28.9. The van der Waals surface area contributed by atoms with E-state index < -0.39 is 28.5 Å². The summed E-state index contributed by atoms with van der Waals surface area (Å²) < 4.78 is 40.0. The first-order chi connectivity index (χ1) is 20.0. The molecule has 0 fully saturated rings. The maximum absolute atomic E-state index is 14.1. The van der Waals surface area contributed by atoms with Crippen LogP contribution in [0, 0.1) is 6.92 Å². The van der Waals surface area contributed by atoms with Crippen molar-refractivity contribution < 1.29 is 27.5 Å². The van der Waals surface area contributed by atoms with Crippen molar-refractivity contribution in [2.75, 3.05) is 24.6 Å². The van der Waals surface area contributed by atoms with E-state index in [9.17, 15) is 18.0 Å². The normalized spacial score (nSPS) is 12.0. The van der Waals surface area contributed by atoms with Gasteiger partial charge in [0.1, 0.15) is 24.1 Å². The van der Waals surface area contributed by atoms with Gasteiger partial charge in [0.25, 0.3) is 10.0 Å². The lowest BCUT2D eigenvalue weighted by Gasteiger charge is -2.33. The highest BCUT2D eigenvalue weighted by Crippen LogP contribution is 2.27. The summed E-state index contributed by atoms with van der Waals surface area (Å²) in [6.45, 7) is 9.29. The van der Waals surface area contributed by atoms with Gasteiger partial charge in [0.15, 0.2) is 0 Å². The van der Waals surface area contributed by atoms with Crippen molar-refractivity contribution >= 4 is 27.5 Å². The lowest BCUT2D eigenvalue weighted by atomic mass is 10.1. The molecule has 0 aliphatic rings. The number of amides is 2. The van der Waals surface area contributed by atoms with Crippen LogP contribution < -0.4 is 19.1 Å². The SMILES string of the molecule is CCOc1ccc(S(=O)(=O)N(CC(=O)N(Cc2cccc(OC)c2)C(CC)C(=O)NC(C)C)c2ccc(C)cc2)cc1. The first-order valence-corrected chi connectivity index (χ1v) is 15.5. The molecule has 1 unspecified atom stereocenters. The van der Waals surface area contributed by atoms with Crippen LogP contribution in [-0.4, -0.2) is 57.5 Å². The van der Waals surface area contributed by atoms with E-state index in [1.54, 1.807) is 61.7 Å². The number of nitrogens with one attached hydrogen (secondary N) is 1. The molecule has 42 heavy (non-hydrogen) atoms. The zero-order valence-electron chi connectivity index (χ0n) is 25.2. The zero-order valence-corrected chi connectivity index (χ0v) is 26.0. The Labute approximate surface area is 249 Å². The van der Waals surface area contributed by atoms with E-state index in [1.807, 2.05) is 40.7 Å². The third-order valence-corrected chi connectivity index (χ3v) is 8.42. The summed E-state index contributed by atoms with van der Waals surface area (Å²) in [6.07, 6.45) is 0.338. The molecule has 3 aromatic carbocycles. The maximum atomic E-state index is 14.1. The number of aryl methyl sites for hydroxylation is 1. The molecule has 0 aliphatic heterocycles. The van der Waals surface area contributed by atoms with Gasteiger partial charge in [0, 0.05) is 12.6 Å². The predicted octanol–water partition coefficient (Wildman–Crippen LogP) is 4.93. The second-order valence-electron chi connectivity index (χ2n) is 10.2. The fourth-order valence-corrected chi connectivity index (χ4v) is 5.92. The molecule has 2 amide bonds. The molecule has 9 nitrogen and oxygen atoms in total. The Morgan fingerprint density at radius 2 is 1.60 bits per heavy atom. The highest BCUT2D eigenvalue weighted by Gasteiger charge is 2.34. The minimum absolute atomic E-state index is 0.0169. The van der Waals surface area contributed by atoms with Gasteiger partial charge in [-0.15, -0.1) is 0 Å². The number of ether oxygens (including phenoxy) is 2. The Kier molecular flexibility index (Phi) is 11.4. The number of nitrogens with zero attached hydrogens (tertiary/aromatic N) is 2. The number of anilines is 1. The number of carbonyl (C=O) groups is 2. The van der Waals surface area contributed by atoms with Crippen LogP contribution >= 0.6 is 0 Å². The molecule has 1 N–H and O–H groups in total. The van der Waals surface area contributed by atoms with Gasteiger partial charge < -0.3 is 19.7 Å². The first kappa shape index (κ1) is 32.5. The summed E-state index contributed by atoms with van der Waals surface area (Å²) >= 11 is 0. The number of hydrogen-bond donors (Lipinski definition) is 1. The molecule has 0 aromatic heterocycles. The summed E-state index contributed by atoms with van der Waals surface area (Å²) in [6, 6.07) is 19.3. The molecular formula is C32H41N3O6S. The van der Waals surface area contributed by atoms with Crippen molar-refractivity contribution in [2.45, 2.75) is 64.6 Å². The highest BCUT2D eigenvalue weighted by molar-refractivity contribution is 7.92. The predicted molar refractivity (Wildman–Crippen MR) is 164 cm³/mol. The summed E-state index contributed by atoms with van der Waals surface area (Å²) in [5.41, 5.74) is 2.03. The average molecular weight is 596 g/mol. The number of rotatable bonds is 14. The van der Waals surface area contributed by atoms with E-state index in [0.29, 0.717) is 30.2 Å². The zero-order chi connectivity index (χ0) is 30.9. The van der Waals surface area contributed by atoms with Gasteiger partial charge in [-0.2, -0.15) is 0 Å². The van der Waals surface area contributed by atoms with Gasteiger partial charge in [-0.1, -0.05) is 36.8 Å². The van der Waals surface area contributed by atoms with E-state index in [-0.39, 0.29) is 23.4 Å². The van der Waals surface area contributed by atoms with Gasteiger partial charge in [0.2, 0.25) is 11.8 Å². The molecule has 0 radical (unpaired) electrons. The van der Waals surface area contributed by atoms with Crippen molar-refractivity contribution in [3.05, 3.63) is 83.9 Å². The van der Waals surface area contributed by atoms with Crippen molar-refractivity contribution in [1.82, 2.24) is 10.2 Å². The lowest BCUT2D eigenvalue weighted by Crippen LogP contribution is -2.53. The van der Waals surface area contributed by atoms with Crippen molar-refractivity contribution in [3.63, 3.8) is 0 Å². The van der Waals surface area contributed by atoms with Gasteiger partial charge >= 0.3 is 0 Å². The number of carbonyl (C=O) groups excluding carboxylic acids is 2. The second kappa shape index (κ2) is 14.7. The quantitative estimate of drug-likeness (QED) is 0.283. The molecule has 0 spiro atoms. The van der Waals surface area contributed by atoms with Gasteiger partial charge in [-0.25, -0.2) is 8.42 Å². The largest absolute Gasteiger partial charge is 0.497 e. The number of sulfonamides is 1. The van der Waals surface area contributed by atoms with E-state index in [1.165, 1.54) is 17.0 Å². The molecule has 0 aliphatic carbocycles. The molecule has 0 bridgehead atoms. The second-order valence-corrected chi connectivity index (χ2v) is 12.1. The van der Waals surface area contributed by atoms with Crippen LogP contribution in [0.3, 0.4) is 0 Å². The Morgan fingerprint density at radius 3 is 2.17 bits per heavy atom. The highest BCUT2D eigenvalue weighted by atomic mass is 32.2. The fraction of sp³-hybridized carbons (Fsp3) is 0.375. The van der Waals surface area contributed by atoms with Crippen LogP contribution in [-0.2, 0) is 26.2 Å². The third-order valence-electron chi connectivity index (χ3n) is 6.63. The summed E-state index contributed by atoms with van der Waals surface area (Å²) in [5, 5.41) is 2.90. The molecule has 1 atom stereocenters. The minimum Gasteiger partial charge on any atom is -0.497 e. The third kappa shape index (κ3) is 8.25. The van der Waals surface area contributed by atoms with Crippen molar-refractivity contribution in [2.24, 2.45) is 0 Å². The molecule has 0 saturated heterocycles. The van der Waals surface area contributed by atoms with E-state index in [0.717, 1.165) is 15.4 Å². The fourth-order valence-electron chi connectivity index (χ4n) is 4.51. The summed E-state index contributed by atoms with van der Waals surface area (Å²) in [5.74, 6) is 0.332. The van der Waals surface area contributed by atoms with Gasteiger partial charge in [0.05, 0.1) is 24.3 Å². The van der Waals surface area contributed by atoms with Crippen LogP contribution in [0.2, 0.25) is 0 Å². The molecule has 10 heteroatoms. The molecule has 0 saturated carbocycles. The Hall–Kier alpha value is -4.05. The van der Waals surface area contributed by atoms with Crippen LogP contribution in [0.1, 0.15) is 45.2 Å². The van der Waals surface area contributed by atoms with Crippen LogP contribution in [0.4, 0.5) is 5.69 Å². The lowest BCUT2D eigenvalue weighted by molar-refractivity contribution is -0.140. The van der Waals surface area contributed by atoms with E-state index in [4.69, 9.17) is 9.47 Å². The Bertz CT molecular complexity index is 1440. The Morgan fingerprint density at radius 1 is 0.929 bits per heavy atom. The number of benzene rings is 3. The molecule has 226 valence electrons. The van der Waals surface area contributed by atoms with Gasteiger partial charge in [-0.05, 0) is 88.2 Å². The minimum atomic E-state index is -4.17. The Balaban J connectivity index is 2.06.